The molecule has 0 spiro atoms. The minimum Gasteiger partial charge on any atom is -0.486 e. The molecule has 132 valence electrons. The number of benzene rings is 1. The third-order valence-electron chi connectivity index (χ3n) is 4.61. The molecule has 1 saturated heterocycles. The number of hydrogen-bond donors (Lipinski definition) is 2. The Morgan fingerprint density at radius 3 is 2.92 bits per heavy atom. The Hall–Kier alpha value is -2.05. The van der Waals surface area contributed by atoms with Gasteiger partial charge in [-0.1, -0.05) is 0 Å². The van der Waals surface area contributed by atoms with Crippen molar-refractivity contribution in [2.75, 3.05) is 32.8 Å². The maximum atomic E-state index is 12.4. The first kappa shape index (κ1) is 16.4. The zero-order chi connectivity index (χ0) is 17.1. The predicted octanol–water partition coefficient (Wildman–Crippen LogP) is 2.92. The molecule has 0 radical (unpaired) electrons. The fourth-order valence-electron chi connectivity index (χ4n) is 3.23. The van der Waals surface area contributed by atoms with Crippen molar-refractivity contribution >= 4 is 17.2 Å². The van der Waals surface area contributed by atoms with Crippen molar-refractivity contribution in [2.45, 2.75) is 12.8 Å². The normalized spacial score (nSPS) is 19.4. The Bertz CT molecular complexity index is 753. The van der Waals surface area contributed by atoms with Crippen molar-refractivity contribution in [3.05, 3.63) is 35.2 Å². The molecule has 1 unspecified atom stereocenters. The van der Waals surface area contributed by atoms with E-state index in [9.17, 15) is 4.79 Å². The second-order valence-corrected chi connectivity index (χ2v) is 7.53. The highest BCUT2D eigenvalue weighted by Crippen LogP contribution is 2.36. The molecule has 0 saturated carbocycles. The molecule has 5 nitrogen and oxygen atoms in total. The molecule has 2 aliphatic heterocycles. The van der Waals surface area contributed by atoms with Gasteiger partial charge in [0, 0.05) is 11.4 Å². The van der Waals surface area contributed by atoms with Gasteiger partial charge in [-0.2, -0.15) is 0 Å². The zero-order valence-corrected chi connectivity index (χ0v) is 14.9. The maximum Gasteiger partial charge on any atom is 0.261 e. The van der Waals surface area contributed by atoms with Crippen LogP contribution < -0.4 is 20.1 Å². The molecule has 4 rings (SSSR count). The predicted molar refractivity (Wildman–Crippen MR) is 98.7 cm³/mol. The zero-order valence-electron chi connectivity index (χ0n) is 14.0. The van der Waals surface area contributed by atoms with Gasteiger partial charge in [0.2, 0.25) is 0 Å². The summed E-state index contributed by atoms with van der Waals surface area (Å²) in [6.45, 7) is 3.99. The number of carbonyl (C=O) groups excluding carboxylic acids is 1. The van der Waals surface area contributed by atoms with E-state index in [-0.39, 0.29) is 5.91 Å². The van der Waals surface area contributed by atoms with E-state index in [1.165, 1.54) is 24.2 Å². The summed E-state index contributed by atoms with van der Waals surface area (Å²) in [4.78, 5) is 14.2. The lowest BCUT2D eigenvalue weighted by molar-refractivity contribution is 0.0949. The van der Waals surface area contributed by atoms with Crippen molar-refractivity contribution in [3.8, 4) is 21.9 Å². The van der Waals surface area contributed by atoms with E-state index < -0.39 is 0 Å². The lowest BCUT2D eigenvalue weighted by Gasteiger charge is -2.22. The highest BCUT2D eigenvalue weighted by molar-refractivity contribution is 7.17. The number of carbonyl (C=O) groups is 1. The van der Waals surface area contributed by atoms with Gasteiger partial charge >= 0.3 is 0 Å². The number of nitrogens with one attached hydrogen (secondary N) is 2. The summed E-state index contributed by atoms with van der Waals surface area (Å²) < 4.78 is 11.2. The molecule has 0 bridgehead atoms. The van der Waals surface area contributed by atoms with E-state index in [4.69, 9.17) is 9.47 Å². The van der Waals surface area contributed by atoms with Crippen molar-refractivity contribution in [1.29, 1.82) is 0 Å². The third kappa shape index (κ3) is 3.80. The van der Waals surface area contributed by atoms with Crippen molar-refractivity contribution in [2.24, 2.45) is 5.92 Å². The summed E-state index contributed by atoms with van der Waals surface area (Å²) in [6, 6.07) is 9.81. The van der Waals surface area contributed by atoms with Crippen LogP contribution >= 0.6 is 11.3 Å². The van der Waals surface area contributed by atoms with Crippen LogP contribution in [-0.2, 0) is 0 Å². The summed E-state index contributed by atoms with van der Waals surface area (Å²) in [5.74, 6) is 2.10. The van der Waals surface area contributed by atoms with Crippen LogP contribution in [0.1, 0.15) is 22.5 Å². The van der Waals surface area contributed by atoms with Crippen molar-refractivity contribution < 1.29 is 14.3 Å². The van der Waals surface area contributed by atoms with Gasteiger partial charge in [-0.15, -0.1) is 11.3 Å². The van der Waals surface area contributed by atoms with E-state index in [1.54, 1.807) is 0 Å². The van der Waals surface area contributed by atoms with Gasteiger partial charge in [0.05, 0.1) is 4.88 Å². The fraction of sp³-hybridized carbons (Fsp3) is 0.421. The molecule has 3 heterocycles. The lowest BCUT2D eigenvalue weighted by atomic mass is 10.00. The molecule has 0 aliphatic carbocycles. The minimum atomic E-state index is 0.0133. The molecule has 2 N–H and O–H groups in total. The Kier molecular flexibility index (Phi) is 4.90. The average molecular weight is 358 g/mol. The highest BCUT2D eigenvalue weighted by atomic mass is 32.1. The van der Waals surface area contributed by atoms with Crippen molar-refractivity contribution in [3.63, 3.8) is 0 Å². The first-order valence-corrected chi connectivity index (χ1v) is 9.60. The average Bonchev–Trinajstić information content (AvgIpc) is 3.17. The van der Waals surface area contributed by atoms with Crippen LogP contribution in [0.15, 0.2) is 30.3 Å². The summed E-state index contributed by atoms with van der Waals surface area (Å²) in [6.07, 6.45) is 2.37. The van der Waals surface area contributed by atoms with Gasteiger partial charge < -0.3 is 20.1 Å². The lowest BCUT2D eigenvalue weighted by Crippen LogP contribution is -2.37. The molecule has 2 aromatic rings. The number of hydrogen-bond acceptors (Lipinski definition) is 5. The molecular weight excluding hydrogens is 336 g/mol. The summed E-state index contributed by atoms with van der Waals surface area (Å²) in [5, 5.41) is 6.45. The Morgan fingerprint density at radius 1 is 1.20 bits per heavy atom. The van der Waals surface area contributed by atoms with Crippen LogP contribution in [0.3, 0.4) is 0 Å². The summed E-state index contributed by atoms with van der Waals surface area (Å²) >= 11 is 1.51. The van der Waals surface area contributed by atoms with Crippen LogP contribution in [-0.4, -0.2) is 38.8 Å². The van der Waals surface area contributed by atoms with Crippen LogP contribution in [0.25, 0.3) is 10.4 Å². The molecule has 6 heteroatoms. The van der Waals surface area contributed by atoms with E-state index in [1.807, 2.05) is 30.3 Å². The smallest absolute Gasteiger partial charge is 0.261 e. The van der Waals surface area contributed by atoms with E-state index in [0.717, 1.165) is 46.5 Å². The van der Waals surface area contributed by atoms with Gasteiger partial charge in [0.25, 0.3) is 5.91 Å². The monoisotopic (exact) mass is 358 g/mol. The van der Waals surface area contributed by atoms with Gasteiger partial charge in [0.15, 0.2) is 11.5 Å². The second-order valence-electron chi connectivity index (χ2n) is 6.44. The van der Waals surface area contributed by atoms with Crippen LogP contribution in [0.5, 0.6) is 11.5 Å². The quantitative estimate of drug-likeness (QED) is 0.882. The number of amides is 1. The van der Waals surface area contributed by atoms with Gasteiger partial charge in [-0.05, 0) is 67.7 Å². The van der Waals surface area contributed by atoms with Gasteiger partial charge in [0.1, 0.15) is 13.2 Å². The van der Waals surface area contributed by atoms with Crippen LogP contribution in [0, 0.1) is 5.92 Å². The minimum absolute atomic E-state index is 0.0133. The van der Waals surface area contributed by atoms with E-state index in [2.05, 4.69) is 10.6 Å². The molecule has 2 aliphatic rings. The molecular formula is C19H22N2O3S. The maximum absolute atomic E-state index is 12.4. The number of rotatable bonds is 4. The second kappa shape index (κ2) is 7.45. The van der Waals surface area contributed by atoms with Gasteiger partial charge in [-0.3, -0.25) is 4.79 Å². The standard InChI is InChI=1S/C19H22N2O3S/c22-19(21-12-13-2-1-7-20-11-13)18-6-5-17(25-18)14-3-4-15-16(10-14)24-9-8-23-15/h3-6,10,13,20H,1-2,7-9,11-12H2,(H,21,22). The van der Waals surface area contributed by atoms with Gasteiger partial charge in [-0.25, -0.2) is 0 Å². The Morgan fingerprint density at radius 2 is 2.08 bits per heavy atom. The summed E-state index contributed by atoms with van der Waals surface area (Å²) in [5.41, 5.74) is 1.05. The summed E-state index contributed by atoms with van der Waals surface area (Å²) in [7, 11) is 0. The third-order valence-corrected chi connectivity index (χ3v) is 5.74. The first-order chi connectivity index (χ1) is 12.3. The molecule has 1 aromatic heterocycles. The van der Waals surface area contributed by atoms with Crippen LogP contribution in [0.2, 0.25) is 0 Å². The molecule has 1 fully saturated rings. The first-order valence-electron chi connectivity index (χ1n) is 8.78. The Balaban J connectivity index is 1.42. The number of thiophene rings is 1. The number of ether oxygens (including phenoxy) is 2. The number of fused-ring (bicyclic) bond motifs is 1. The largest absolute Gasteiger partial charge is 0.486 e. The van der Waals surface area contributed by atoms with Crippen molar-refractivity contribution in [1.82, 2.24) is 10.6 Å². The van der Waals surface area contributed by atoms with Crippen LogP contribution in [0.4, 0.5) is 0 Å². The Labute approximate surface area is 151 Å². The molecule has 1 aromatic carbocycles. The highest BCUT2D eigenvalue weighted by Gasteiger charge is 2.17. The van der Waals surface area contributed by atoms with E-state index in [0.29, 0.717) is 19.1 Å². The molecule has 1 atom stereocenters. The fourth-order valence-corrected chi connectivity index (χ4v) is 4.15. The topological polar surface area (TPSA) is 59.6 Å². The molecule has 25 heavy (non-hydrogen) atoms. The molecule has 1 amide bonds. The number of piperidine rings is 1. The van der Waals surface area contributed by atoms with E-state index >= 15 is 0 Å². The SMILES string of the molecule is O=C(NCC1CCCNC1)c1ccc(-c2ccc3c(c2)OCCO3)s1.